The predicted molar refractivity (Wildman–Crippen MR) is 127 cm³/mol. The monoisotopic (exact) mass is 500 g/mol. The number of para-hydroxylation sites is 1. The smallest absolute Gasteiger partial charge is 0.239 e. The highest BCUT2D eigenvalue weighted by Crippen LogP contribution is 2.28. The van der Waals surface area contributed by atoms with Crippen LogP contribution in [-0.4, -0.2) is 44.5 Å². The van der Waals surface area contributed by atoms with Gasteiger partial charge < -0.3 is 0 Å². The van der Waals surface area contributed by atoms with Crippen molar-refractivity contribution in [1.82, 2.24) is 25.0 Å². The van der Waals surface area contributed by atoms with E-state index in [2.05, 4.69) is 25.7 Å². The van der Waals surface area contributed by atoms with Gasteiger partial charge in [-0.25, -0.2) is 8.42 Å². The molecule has 0 saturated heterocycles. The number of sulfone groups is 1. The van der Waals surface area contributed by atoms with Crippen molar-refractivity contribution in [2.24, 2.45) is 0 Å². The number of rotatable bonds is 8. The van der Waals surface area contributed by atoms with Crippen LogP contribution < -0.4 is 5.32 Å². The van der Waals surface area contributed by atoms with Gasteiger partial charge in [0.25, 0.3) is 0 Å². The Labute approximate surface area is 199 Å². The first-order chi connectivity index (χ1) is 15.8. The van der Waals surface area contributed by atoms with E-state index in [0.29, 0.717) is 16.0 Å². The Balaban J connectivity index is 1.62. The van der Waals surface area contributed by atoms with Crippen LogP contribution in [0.4, 0.5) is 5.13 Å². The van der Waals surface area contributed by atoms with Crippen LogP contribution in [0.5, 0.6) is 0 Å². The maximum absolute atomic E-state index is 13.0. The van der Waals surface area contributed by atoms with Crippen molar-refractivity contribution in [2.45, 2.75) is 34.9 Å². The Morgan fingerprint density at radius 3 is 2.33 bits per heavy atom. The number of nitrogens with one attached hydrogen (secondary N) is 1. The minimum Gasteiger partial charge on any atom is -0.300 e. The lowest BCUT2D eigenvalue weighted by Gasteiger charge is -2.13. The topological polar surface area (TPSA) is 120 Å². The van der Waals surface area contributed by atoms with E-state index in [1.165, 1.54) is 23.1 Å². The normalized spacial score (nSPS) is 12.4. The van der Waals surface area contributed by atoms with Gasteiger partial charge in [-0.2, -0.15) is 0 Å². The zero-order valence-corrected chi connectivity index (χ0v) is 20.2. The standard InChI is InChI=1S/C21H20N6O3S3/c1-14(19(28)22-20-25-23-15(2)32-20)31-21-26-24-18(27(21)16-9-5-3-6-10-16)13-33(29,30)17-11-7-4-8-12-17/h3-12,14H,13H2,1-2H3,(H,22,25,28). The number of thioether (sulfide) groups is 1. The molecule has 0 radical (unpaired) electrons. The maximum Gasteiger partial charge on any atom is 0.239 e. The summed E-state index contributed by atoms with van der Waals surface area (Å²) in [5, 5.41) is 20.0. The van der Waals surface area contributed by atoms with Crippen molar-refractivity contribution in [1.29, 1.82) is 0 Å². The molecule has 1 N–H and O–H groups in total. The van der Waals surface area contributed by atoms with Gasteiger partial charge in [-0.15, -0.1) is 20.4 Å². The van der Waals surface area contributed by atoms with Gasteiger partial charge in [-0.3, -0.25) is 14.7 Å². The molecule has 1 amide bonds. The van der Waals surface area contributed by atoms with Gasteiger partial charge in [-0.05, 0) is 38.1 Å². The molecule has 2 heterocycles. The molecule has 0 saturated carbocycles. The average Bonchev–Trinajstić information content (AvgIpc) is 3.40. The molecule has 33 heavy (non-hydrogen) atoms. The molecule has 0 aliphatic rings. The second-order valence-electron chi connectivity index (χ2n) is 7.02. The number of aryl methyl sites for hydroxylation is 1. The van der Waals surface area contributed by atoms with Gasteiger partial charge in [0, 0.05) is 5.69 Å². The van der Waals surface area contributed by atoms with Crippen molar-refractivity contribution >= 4 is 44.0 Å². The van der Waals surface area contributed by atoms with Crippen LogP contribution in [0.25, 0.3) is 5.69 Å². The van der Waals surface area contributed by atoms with Crippen molar-refractivity contribution < 1.29 is 13.2 Å². The molecule has 2 aromatic carbocycles. The summed E-state index contributed by atoms with van der Waals surface area (Å²) < 4.78 is 27.6. The van der Waals surface area contributed by atoms with E-state index in [0.717, 1.165) is 5.01 Å². The van der Waals surface area contributed by atoms with E-state index >= 15 is 0 Å². The lowest BCUT2D eigenvalue weighted by Crippen LogP contribution is -2.23. The molecular formula is C21H20N6O3S3. The van der Waals surface area contributed by atoms with Crippen LogP contribution in [0.1, 0.15) is 17.8 Å². The third-order valence-corrected chi connectivity index (χ3v) is 7.97. The Bertz CT molecular complexity index is 1350. The third-order valence-electron chi connectivity index (χ3n) is 4.54. The van der Waals surface area contributed by atoms with E-state index in [1.807, 2.05) is 30.3 Å². The number of hydrogen-bond donors (Lipinski definition) is 1. The molecule has 0 spiro atoms. The SMILES string of the molecule is Cc1nnc(NC(=O)C(C)Sc2nnc(CS(=O)(=O)c3ccccc3)n2-c2ccccc2)s1. The van der Waals surface area contributed by atoms with Crippen LogP contribution in [-0.2, 0) is 20.4 Å². The van der Waals surface area contributed by atoms with Gasteiger partial charge in [0.1, 0.15) is 10.8 Å². The zero-order valence-electron chi connectivity index (χ0n) is 17.7. The Hall–Kier alpha value is -3.09. The molecule has 12 heteroatoms. The average molecular weight is 501 g/mol. The molecule has 0 fully saturated rings. The number of anilines is 1. The van der Waals surface area contributed by atoms with Crippen LogP contribution in [0.3, 0.4) is 0 Å². The zero-order chi connectivity index (χ0) is 23.4. The van der Waals surface area contributed by atoms with E-state index in [1.54, 1.807) is 48.7 Å². The minimum absolute atomic E-state index is 0.210. The summed E-state index contributed by atoms with van der Waals surface area (Å²) in [5.74, 6) is -0.332. The minimum atomic E-state index is -3.64. The Morgan fingerprint density at radius 2 is 1.70 bits per heavy atom. The fraction of sp³-hybridized carbons (Fsp3) is 0.190. The van der Waals surface area contributed by atoms with Crippen LogP contribution in [0.15, 0.2) is 70.7 Å². The number of nitrogens with zero attached hydrogens (tertiary/aromatic N) is 5. The van der Waals surface area contributed by atoms with Crippen molar-refractivity contribution in [3.05, 3.63) is 71.5 Å². The number of aromatic nitrogens is 5. The predicted octanol–water partition coefficient (Wildman–Crippen LogP) is 3.52. The quantitative estimate of drug-likeness (QED) is 0.365. The molecule has 2 aromatic heterocycles. The second kappa shape index (κ2) is 9.81. The number of amides is 1. The van der Waals surface area contributed by atoms with Crippen LogP contribution in [0, 0.1) is 6.92 Å². The summed E-state index contributed by atoms with van der Waals surface area (Å²) in [5.41, 5.74) is 0.704. The summed E-state index contributed by atoms with van der Waals surface area (Å²) >= 11 is 2.47. The summed E-state index contributed by atoms with van der Waals surface area (Å²) in [7, 11) is -3.64. The van der Waals surface area contributed by atoms with Gasteiger partial charge in [0.05, 0.1) is 10.1 Å². The van der Waals surface area contributed by atoms with E-state index in [9.17, 15) is 13.2 Å². The lowest BCUT2D eigenvalue weighted by molar-refractivity contribution is -0.115. The summed E-state index contributed by atoms with van der Waals surface area (Å²) in [4.78, 5) is 12.9. The van der Waals surface area contributed by atoms with Crippen LogP contribution >= 0.6 is 23.1 Å². The highest BCUT2D eigenvalue weighted by Gasteiger charge is 2.25. The molecule has 9 nitrogen and oxygen atoms in total. The number of carbonyl (C=O) groups is 1. The number of benzene rings is 2. The van der Waals surface area contributed by atoms with Gasteiger partial charge in [-0.1, -0.05) is 59.5 Å². The largest absolute Gasteiger partial charge is 0.300 e. The fourth-order valence-electron chi connectivity index (χ4n) is 2.95. The molecular weight excluding hydrogens is 480 g/mol. The van der Waals surface area contributed by atoms with Gasteiger partial charge in [0.2, 0.25) is 11.0 Å². The first kappa shape index (κ1) is 23.1. The molecule has 1 unspecified atom stereocenters. The highest BCUT2D eigenvalue weighted by atomic mass is 32.2. The lowest BCUT2D eigenvalue weighted by atomic mass is 10.3. The van der Waals surface area contributed by atoms with Gasteiger partial charge >= 0.3 is 0 Å². The highest BCUT2D eigenvalue weighted by molar-refractivity contribution is 8.00. The molecule has 4 aromatic rings. The van der Waals surface area contributed by atoms with E-state index in [4.69, 9.17) is 0 Å². The Morgan fingerprint density at radius 1 is 1.03 bits per heavy atom. The number of carbonyl (C=O) groups excluding carboxylic acids is 1. The summed E-state index contributed by atoms with van der Waals surface area (Å²) in [6.45, 7) is 3.54. The fourth-order valence-corrected chi connectivity index (χ4v) is 5.70. The molecule has 1 atom stereocenters. The Kier molecular flexibility index (Phi) is 6.86. The van der Waals surface area contributed by atoms with Gasteiger partial charge in [0.15, 0.2) is 20.8 Å². The van der Waals surface area contributed by atoms with E-state index < -0.39 is 15.1 Å². The van der Waals surface area contributed by atoms with Crippen molar-refractivity contribution in [2.75, 3.05) is 5.32 Å². The molecule has 0 bridgehead atoms. The number of hydrogen-bond acceptors (Lipinski definition) is 9. The molecule has 4 rings (SSSR count). The maximum atomic E-state index is 13.0. The summed E-state index contributed by atoms with van der Waals surface area (Å²) in [6.07, 6.45) is 0. The van der Waals surface area contributed by atoms with Crippen molar-refractivity contribution in [3.8, 4) is 5.69 Å². The van der Waals surface area contributed by atoms with Crippen LogP contribution in [0.2, 0.25) is 0 Å². The first-order valence-corrected chi connectivity index (χ1v) is 13.2. The molecule has 0 aliphatic carbocycles. The first-order valence-electron chi connectivity index (χ1n) is 9.88. The summed E-state index contributed by atoms with van der Waals surface area (Å²) in [6, 6.07) is 17.4. The van der Waals surface area contributed by atoms with E-state index in [-0.39, 0.29) is 22.4 Å². The molecule has 170 valence electrons. The third kappa shape index (κ3) is 5.46. The van der Waals surface area contributed by atoms with Crippen molar-refractivity contribution in [3.63, 3.8) is 0 Å². The molecule has 0 aliphatic heterocycles. The second-order valence-corrected chi connectivity index (χ2v) is 11.5.